The fourth-order valence-corrected chi connectivity index (χ4v) is 14.1. The van der Waals surface area contributed by atoms with Gasteiger partial charge in [0.15, 0.2) is 0 Å². The van der Waals surface area contributed by atoms with Crippen LogP contribution in [0.5, 0.6) is 34.5 Å². The van der Waals surface area contributed by atoms with E-state index in [0.29, 0.717) is 77.8 Å². The second kappa shape index (κ2) is 33.2. The number of amides is 3. The van der Waals surface area contributed by atoms with E-state index in [-0.39, 0.29) is 109 Å². The lowest BCUT2D eigenvalue weighted by Crippen LogP contribution is -2.44. The van der Waals surface area contributed by atoms with Gasteiger partial charge >= 0.3 is 0 Å². The second-order valence-corrected chi connectivity index (χ2v) is 34.9. The van der Waals surface area contributed by atoms with E-state index < -0.39 is 0 Å². The lowest BCUT2D eigenvalue weighted by atomic mass is 9.79. The van der Waals surface area contributed by atoms with E-state index in [1.165, 1.54) is 0 Å². The molecule has 0 radical (unpaired) electrons. The third-order valence-electron chi connectivity index (χ3n) is 20.2. The lowest BCUT2D eigenvalue weighted by molar-refractivity contribution is -0.121. The van der Waals surface area contributed by atoms with Gasteiger partial charge in [-0.15, -0.1) is 0 Å². The Kier molecular flexibility index (Phi) is 25.6. The zero-order chi connectivity index (χ0) is 75.0. The summed E-state index contributed by atoms with van der Waals surface area (Å²) in [4.78, 5) is 43.7. The third-order valence-corrected chi connectivity index (χ3v) is 20.2. The third kappa shape index (κ3) is 20.9. The van der Waals surface area contributed by atoms with Crippen molar-refractivity contribution < 1.29 is 42.8 Å². The van der Waals surface area contributed by atoms with E-state index in [9.17, 15) is 14.4 Å². The molecule has 6 N–H and O–H groups in total. The van der Waals surface area contributed by atoms with Gasteiger partial charge in [-0.3, -0.25) is 19.3 Å². The summed E-state index contributed by atoms with van der Waals surface area (Å²) in [5.41, 5.74) is 17.2. The van der Waals surface area contributed by atoms with Crippen LogP contribution in [0.3, 0.4) is 0 Å². The number of nitrogens with one attached hydrogen (secondary N) is 6. The van der Waals surface area contributed by atoms with Crippen molar-refractivity contribution in [3.8, 4) is 34.5 Å². The van der Waals surface area contributed by atoms with E-state index in [1.54, 1.807) is 21.3 Å². The molecule has 3 heterocycles. The molecule has 3 aliphatic heterocycles. The summed E-state index contributed by atoms with van der Waals surface area (Å²) in [5, 5.41) is 19.6. The van der Waals surface area contributed by atoms with Gasteiger partial charge in [0.25, 0.3) is 0 Å². The maximum absolute atomic E-state index is 13.8. The maximum atomic E-state index is 13.8. The number of nitrogens with zero attached hydrogens (tertiary/aromatic N) is 1. The Hall–Kier alpha value is -7.63. The number of rotatable bonds is 3. The molecule has 10 rings (SSSR count). The summed E-state index contributed by atoms with van der Waals surface area (Å²) in [5.74, 6) is 4.15. The van der Waals surface area contributed by atoms with Crippen LogP contribution < -0.4 is 60.3 Å². The molecule has 6 aromatic carbocycles. The van der Waals surface area contributed by atoms with Crippen LogP contribution >= 0.6 is 0 Å². The summed E-state index contributed by atoms with van der Waals surface area (Å²) in [6.07, 6.45) is 2.73. The highest BCUT2D eigenvalue weighted by atomic mass is 16.5. The molecule has 0 atom stereocenters. The van der Waals surface area contributed by atoms with Crippen LogP contribution in [0.1, 0.15) is 225 Å². The quantitative estimate of drug-likeness (QED) is 0.0921. The zero-order valence-electron chi connectivity index (χ0n) is 66.4. The van der Waals surface area contributed by atoms with Gasteiger partial charge < -0.3 is 60.3 Å². The van der Waals surface area contributed by atoms with Crippen LogP contribution in [0.15, 0.2) is 72.8 Å². The Balaban J connectivity index is 1.43. The Morgan fingerprint density at radius 2 is 0.476 bits per heavy atom. The predicted octanol–water partition coefficient (Wildman–Crippen LogP) is 12.9. The summed E-state index contributed by atoms with van der Waals surface area (Å²) >= 11 is 0. The molecule has 1 aliphatic carbocycles. The van der Waals surface area contributed by atoms with Crippen LogP contribution in [-0.2, 0) is 85.4 Å². The normalized spacial score (nSPS) is 16.9. The van der Waals surface area contributed by atoms with Crippen molar-refractivity contribution >= 4 is 17.7 Å². The highest BCUT2D eigenvalue weighted by Gasteiger charge is 2.32. The average molecular weight is 1410 g/mol. The van der Waals surface area contributed by atoms with Crippen LogP contribution in [0, 0.1) is 0 Å². The van der Waals surface area contributed by atoms with E-state index in [2.05, 4.69) is 234 Å². The SMILES string of the molecule is COc1c2cc(C(C)(C)C)cc1Cc1cc(C(C)(C)C)cc3c1OCCNC(=O)CNCCN1CCNCC(=O)NCCOc4c(cc(C(C)(C)C)cc4Cc4cc(C(C)(C)C)cc(c4OC)Cc4cc(C(C)(C)C)cc(c4OCCNC(=O)CNCC1)Cc1cc(C(C)(C)C)cc(c1OC)C3)C2. The number of hydrogen-bond donors (Lipinski definition) is 6. The molecule has 16 bridgehead atoms. The van der Waals surface area contributed by atoms with Gasteiger partial charge in [-0.2, -0.15) is 0 Å². The maximum Gasteiger partial charge on any atom is 0.234 e. The van der Waals surface area contributed by atoms with Crippen molar-refractivity contribution in [1.82, 2.24) is 36.8 Å². The molecular formula is C87H123N7O9. The lowest BCUT2D eigenvalue weighted by Gasteiger charge is -2.29. The first-order valence-corrected chi connectivity index (χ1v) is 37.5. The molecule has 16 heteroatoms. The summed E-state index contributed by atoms with van der Waals surface area (Å²) in [7, 11) is 5.36. The van der Waals surface area contributed by atoms with Crippen molar-refractivity contribution in [1.29, 1.82) is 0 Å². The fourth-order valence-electron chi connectivity index (χ4n) is 14.1. The van der Waals surface area contributed by atoms with Crippen molar-refractivity contribution in [2.75, 3.05) is 120 Å². The minimum Gasteiger partial charge on any atom is -0.496 e. The summed E-state index contributed by atoms with van der Waals surface area (Å²) in [6.45, 7) is 46.0. The molecule has 0 unspecified atom stereocenters. The Morgan fingerprint density at radius 3 is 0.650 bits per heavy atom. The van der Waals surface area contributed by atoms with Crippen LogP contribution in [0.25, 0.3) is 0 Å². The van der Waals surface area contributed by atoms with Gasteiger partial charge in [-0.05, 0) is 133 Å². The van der Waals surface area contributed by atoms with Gasteiger partial charge in [0.1, 0.15) is 54.3 Å². The van der Waals surface area contributed by atoms with Crippen LogP contribution in [0.4, 0.5) is 0 Å². The van der Waals surface area contributed by atoms with Gasteiger partial charge in [-0.25, -0.2) is 0 Å². The van der Waals surface area contributed by atoms with Gasteiger partial charge in [0, 0.05) is 77.8 Å². The largest absolute Gasteiger partial charge is 0.496 e. The minimum absolute atomic E-state index is 0.112. The first-order valence-electron chi connectivity index (χ1n) is 37.5. The molecule has 16 nitrogen and oxygen atoms in total. The molecule has 0 saturated carbocycles. The molecule has 4 aliphatic rings. The Bertz CT molecular complexity index is 3450. The number of benzene rings is 6. The zero-order valence-corrected chi connectivity index (χ0v) is 66.4. The Labute approximate surface area is 617 Å². The van der Waals surface area contributed by atoms with Crippen molar-refractivity contribution in [3.63, 3.8) is 0 Å². The van der Waals surface area contributed by atoms with Gasteiger partial charge in [-0.1, -0.05) is 197 Å². The fraction of sp³-hybridized carbons (Fsp3) is 0.552. The van der Waals surface area contributed by atoms with Crippen molar-refractivity contribution in [2.24, 2.45) is 0 Å². The molecule has 560 valence electrons. The first-order chi connectivity index (χ1) is 48.4. The predicted molar refractivity (Wildman–Crippen MR) is 418 cm³/mol. The standard InChI is InChI=1S/C87H123N7O9/c1-82(2,3)67-40-55-34-61-46-70(85(10,11)12)48-63-36-57-42-68(83(4,5)6)44-59(77(57)99-20)38-65-50-72(87(16,17)18)51-66-39-60-45-69(84(7,8)9)43-58(78(60)100-21)37-64-49-71(86(13,14)15)47-62(35-56(41-67)76(55)98-19)80(64)102-32-26-92-74(96)53-89-23-29-94(28-22-88-52-73(95)91-25-31-101-79(61)63)30-24-90-54-75(97)93-27-33-103-81(65)66/h40-51,88-90H,22-39,52-54H2,1-21H3,(H,91,95)(H,92,96)(H,93,97). The number of fused-ring (bicyclic) bond motifs is 24. The number of hydrogen-bond acceptors (Lipinski definition) is 13. The molecule has 0 spiro atoms. The van der Waals surface area contributed by atoms with Crippen LogP contribution in [-0.4, -0.2) is 142 Å². The van der Waals surface area contributed by atoms with E-state index in [1.807, 2.05) is 0 Å². The van der Waals surface area contributed by atoms with Crippen molar-refractivity contribution in [2.45, 2.75) is 196 Å². The first kappa shape index (κ1) is 79.5. The molecule has 103 heavy (non-hydrogen) atoms. The monoisotopic (exact) mass is 1410 g/mol. The van der Waals surface area contributed by atoms with Crippen molar-refractivity contribution in [3.05, 3.63) is 173 Å². The topological polar surface area (TPSA) is 182 Å². The smallest absolute Gasteiger partial charge is 0.234 e. The van der Waals surface area contributed by atoms with E-state index in [4.69, 9.17) is 28.4 Å². The minimum atomic E-state index is -0.294. The highest BCUT2D eigenvalue weighted by Crippen LogP contribution is 2.46. The van der Waals surface area contributed by atoms with E-state index >= 15 is 0 Å². The Morgan fingerprint density at radius 1 is 0.291 bits per heavy atom. The second-order valence-electron chi connectivity index (χ2n) is 34.9. The summed E-state index contributed by atoms with van der Waals surface area (Å²) in [6, 6.07) is 27.9. The van der Waals surface area contributed by atoms with Crippen LogP contribution in [0.2, 0.25) is 0 Å². The van der Waals surface area contributed by atoms with Gasteiger partial charge in [0.05, 0.1) is 60.6 Å². The molecule has 6 aromatic rings. The molecule has 0 fully saturated rings. The highest BCUT2D eigenvalue weighted by molar-refractivity contribution is 5.79. The number of methoxy groups -OCH3 is 3. The van der Waals surface area contributed by atoms with Gasteiger partial charge in [0.2, 0.25) is 17.7 Å². The van der Waals surface area contributed by atoms with E-state index in [0.717, 1.165) is 135 Å². The summed E-state index contributed by atoms with van der Waals surface area (Å²) < 4.78 is 42.3. The molecular weight excluding hydrogens is 1290 g/mol. The molecule has 0 aromatic heterocycles. The molecule has 3 amide bonds. The molecule has 0 saturated heterocycles. The number of ether oxygens (including phenoxy) is 6. The number of carbonyl (C=O) groups excluding carboxylic acids is 3. The average Bonchev–Trinajstić information content (AvgIpc) is 0.769. The number of carbonyl (C=O) groups is 3.